The fraction of sp³-hybridized carbons (Fsp3) is 0.235. The number of benzene rings is 1. The Balaban J connectivity index is 2.31. The number of sulfone groups is 1. The highest BCUT2D eigenvalue weighted by Gasteiger charge is 2.30. The van der Waals surface area contributed by atoms with Gasteiger partial charge in [0.25, 0.3) is 0 Å². The lowest BCUT2D eigenvalue weighted by Crippen LogP contribution is -2.42. The van der Waals surface area contributed by atoms with Crippen LogP contribution in [0.5, 0.6) is 0 Å². The molecule has 0 radical (unpaired) electrons. The number of rotatable bonds is 6. The van der Waals surface area contributed by atoms with Gasteiger partial charge >= 0.3 is 11.8 Å². The van der Waals surface area contributed by atoms with E-state index >= 15 is 0 Å². The molecule has 9 heteroatoms. The number of amides is 2. The first-order valence-electron chi connectivity index (χ1n) is 7.81. The van der Waals surface area contributed by atoms with E-state index in [1.165, 1.54) is 36.7 Å². The second kappa shape index (κ2) is 8.77. The Morgan fingerprint density at radius 3 is 2.35 bits per heavy atom. The highest BCUT2D eigenvalue weighted by atomic mass is 35.5. The maximum atomic E-state index is 13.0. The van der Waals surface area contributed by atoms with Crippen molar-refractivity contribution in [2.24, 2.45) is 0 Å². The van der Waals surface area contributed by atoms with Gasteiger partial charge in [-0.25, -0.2) is 8.42 Å². The Labute approximate surface area is 156 Å². The molecule has 2 N–H and O–H groups in total. The number of likely N-dealkylation sites (N-methyl/N-ethyl adjacent to an activating group) is 1. The van der Waals surface area contributed by atoms with Gasteiger partial charge in [-0.3, -0.25) is 14.6 Å². The third-order valence-corrected chi connectivity index (χ3v) is 5.93. The molecule has 1 atom stereocenters. The van der Waals surface area contributed by atoms with E-state index in [2.05, 4.69) is 15.6 Å². The summed E-state index contributed by atoms with van der Waals surface area (Å²) in [6.45, 7) is 1.70. The maximum Gasteiger partial charge on any atom is 0.309 e. The summed E-state index contributed by atoms with van der Waals surface area (Å²) >= 11 is 5.82. The standard InChI is InChI=1S/C17H18ClN3O4S/c1-2-20-16(22)17(23)21-11-15(12-4-3-9-19-10-12)26(24,25)14-7-5-13(18)6-8-14/h3-10,15H,2,11H2,1H3,(H,20,22)(H,21,23)/t15-/m1/s1. The van der Waals surface area contributed by atoms with Crippen LogP contribution in [0.2, 0.25) is 5.02 Å². The van der Waals surface area contributed by atoms with Crippen molar-refractivity contribution in [3.8, 4) is 0 Å². The van der Waals surface area contributed by atoms with Crippen molar-refractivity contribution in [2.75, 3.05) is 13.1 Å². The van der Waals surface area contributed by atoms with E-state index in [1.807, 2.05) is 0 Å². The Kier molecular flexibility index (Phi) is 6.70. The summed E-state index contributed by atoms with van der Waals surface area (Å²) in [6, 6.07) is 8.94. The van der Waals surface area contributed by atoms with Crippen LogP contribution in [0.4, 0.5) is 0 Å². The number of carbonyl (C=O) groups is 2. The van der Waals surface area contributed by atoms with Gasteiger partial charge in [0.1, 0.15) is 5.25 Å². The van der Waals surface area contributed by atoms with E-state index < -0.39 is 26.9 Å². The second-order valence-corrected chi connectivity index (χ2v) is 7.91. The quantitative estimate of drug-likeness (QED) is 0.721. The highest BCUT2D eigenvalue weighted by molar-refractivity contribution is 7.91. The number of nitrogens with zero attached hydrogens (tertiary/aromatic N) is 1. The van der Waals surface area contributed by atoms with E-state index in [4.69, 9.17) is 11.6 Å². The van der Waals surface area contributed by atoms with Crippen molar-refractivity contribution in [3.05, 3.63) is 59.4 Å². The van der Waals surface area contributed by atoms with Gasteiger partial charge in [-0.05, 0) is 42.8 Å². The van der Waals surface area contributed by atoms with Gasteiger partial charge in [-0.2, -0.15) is 0 Å². The molecule has 0 aliphatic rings. The summed E-state index contributed by atoms with van der Waals surface area (Å²) in [5.74, 6) is -1.71. The molecule has 0 saturated heterocycles. The van der Waals surface area contributed by atoms with Crippen LogP contribution < -0.4 is 10.6 Å². The molecule has 1 heterocycles. The first kappa shape index (κ1) is 19.9. The molecular weight excluding hydrogens is 378 g/mol. The Bertz CT molecular complexity index is 871. The van der Waals surface area contributed by atoms with E-state index in [-0.39, 0.29) is 11.4 Å². The fourth-order valence-corrected chi connectivity index (χ4v) is 4.04. The van der Waals surface area contributed by atoms with Gasteiger partial charge < -0.3 is 10.6 Å². The third-order valence-electron chi connectivity index (χ3n) is 3.56. The largest absolute Gasteiger partial charge is 0.348 e. The number of carbonyl (C=O) groups excluding carboxylic acids is 2. The SMILES string of the molecule is CCNC(=O)C(=O)NC[C@H](c1cccnc1)S(=O)(=O)c1ccc(Cl)cc1. The lowest BCUT2D eigenvalue weighted by atomic mass is 10.2. The van der Waals surface area contributed by atoms with Crippen LogP contribution in [0.3, 0.4) is 0 Å². The minimum absolute atomic E-state index is 0.0583. The molecule has 1 aromatic carbocycles. The maximum absolute atomic E-state index is 13.0. The molecule has 1 aromatic heterocycles. The van der Waals surface area contributed by atoms with Gasteiger partial charge in [0.05, 0.1) is 4.90 Å². The molecule has 2 aromatic rings. The van der Waals surface area contributed by atoms with Crippen molar-refractivity contribution >= 4 is 33.3 Å². The van der Waals surface area contributed by atoms with E-state index in [0.29, 0.717) is 17.1 Å². The van der Waals surface area contributed by atoms with Crippen molar-refractivity contribution in [3.63, 3.8) is 0 Å². The van der Waals surface area contributed by atoms with E-state index in [0.717, 1.165) is 0 Å². The molecule has 0 fully saturated rings. The summed E-state index contributed by atoms with van der Waals surface area (Å²) in [5, 5.41) is 4.03. The number of hydrogen-bond acceptors (Lipinski definition) is 5. The van der Waals surface area contributed by atoms with Gasteiger partial charge in [0, 0.05) is 30.5 Å². The predicted octanol–water partition coefficient (Wildman–Crippen LogP) is 1.50. The minimum atomic E-state index is -3.85. The molecule has 0 spiro atoms. The molecule has 138 valence electrons. The molecule has 0 saturated carbocycles. The highest BCUT2D eigenvalue weighted by Crippen LogP contribution is 2.28. The van der Waals surface area contributed by atoms with Crippen LogP contribution in [0, 0.1) is 0 Å². The summed E-state index contributed by atoms with van der Waals surface area (Å²) in [6.07, 6.45) is 2.93. The minimum Gasteiger partial charge on any atom is -0.348 e. The lowest BCUT2D eigenvalue weighted by Gasteiger charge is -2.18. The van der Waals surface area contributed by atoms with Crippen molar-refractivity contribution in [1.29, 1.82) is 0 Å². The third kappa shape index (κ3) is 4.80. The number of hydrogen-bond donors (Lipinski definition) is 2. The smallest absolute Gasteiger partial charge is 0.309 e. The number of halogens is 1. The molecule has 2 amide bonds. The second-order valence-electron chi connectivity index (χ2n) is 5.34. The van der Waals surface area contributed by atoms with Gasteiger partial charge in [0.15, 0.2) is 9.84 Å². The zero-order valence-corrected chi connectivity index (χ0v) is 15.5. The zero-order chi connectivity index (χ0) is 19.2. The molecule has 2 rings (SSSR count). The first-order valence-corrected chi connectivity index (χ1v) is 9.74. The van der Waals surface area contributed by atoms with Crippen molar-refractivity contribution in [2.45, 2.75) is 17.1 Å². The normalized spacial score (nSPS) is 12.2. The zero-order valence-electron chi connectivity index (χ0n) is 14.0. The van der Waals surface area contributed by atoms with Crippen LogP contribution in [-0.2, 0) is 19.4 Å². The first-order chi connectivity index (χ1) is 12.4. The topological polar surface area (TPSA) is 105 Å². The van der Waals surface area contributed by atoms with E-state index in [1.54, 1.807) is 19.1 Å². The Morgan fingerprint density at radius 1 is 1.12 bits per heavy atom. The predicted molar refractivity (Wildman–Crippen MR) is 97.3 cm³/mol. The van der Waals surface area contributed by atoms with Crippen LogP contribution in [0.15, 0.2) is 53.7 Å². The summed E-state index contributed by atoms with van der Waals surface area (Å²) in [7, 11) is -3.85. The van der Waals surface area contributed by atoms with Gasteiger partial charge in [-0.15, -0.1) is 0 Å². The average molecular weight is 396 g/mol. The summed E-state index contributed by atoms with van der Waals surface area (Å²) < 4.78 is 26.1. The molecule has 0 bridgehead atoms. The Hall–Kier alpha value is -2.45. The van der Waals surface area contributed by atoms with Gasteiger partial charge in [0.2, 0.25) is 0 Å². The number of nitrogens with one attached hydrogen (secondary N) is 2. The molecule has 0 unspecified atom stereocenters. The fourth-order valence-electron chi connectivity index (χ4n) is 2.27. The van der Waals surface area contributed by atoms with Crippen LogP contribution >= 0.6 is 11.6 Å². The van der Waals surface area contributed by atoms with Crippen LogP contribution in [0.1, 0.15) is 17.7 Å². The molecular formula is C17H18ClN3O4S. The molecule has 0 aliphatic carbocycles. The monoisotopic (exact) mass is 395 g/mol. The summed E-state index contributed by atoms with van der Waals surface area (Å²) in [5.41, 5.74) is 0.402. The van der Waals surface area contributed by atoms with Crippen molar-refractivity contribution < 1.29 is 18.0 Å². The number of pyridine rings is 1. The Morgan fingerprint density at radius 2 is 1.77 bits per heavy atom. The van der Waals surface area contributed by atoms with E-state index in [9.17, 15) is 18.0 Å². The molecule has 0 aliphatic heterocycles. The van der Waals surface area contributed by atoms with Crippen molar-refractivity contribution in [1.82, 2.24) is 15.6 Å². The van der Waals surface area contributed by atoms with Crippen LogP contribution in [0.25, 0.3) is 0 Å². The average Bonchev–Trinajstić information content (AvgIpc) is 2.63. The van der Waals surface area contributed by atoms with Gasteiger partial charge in [-0.1, -0.05) is 17.7 Å². The summed E-state index contributed by atoms with van der Waals surface area (Å²) in [4.78, 5) is 27.4. The number of aromatic nitrogens is 1. The van der Waals surface area contributed by atoms with Crippen LogP contribution in [-0.4, -0.2) is 38.3 Å². The molecule has 26 heavy (non-hydrogen) atoms. The lowest BCUT2D eigenvalue weighted by molar-refractivity contribution is -0.139. The molecule has 7 nitrogen and oxygen atoms in total.